The number of anilines is 2. The van der Waals surface area contributed by atoms with Crippen molar-refractivity contribution in [3.63, 3.8) is 0 Å². The van der Waals surface area contributed by atoms with Gasteiger partial charge in [-0.25, -0.2) is 0 Å². The minimum Gasteiger partial charge on any atom is -0.359 e. The molecule has 0 aliphatic carbocycles. The average Bonchev–Trinajstić information content (AvgIpc) is 2.64. The Balaban J connectivity index is 1.93. The first-order valence-corrected chi connectivity index (χ1v) is 7.71. The molecule has 2 N–H and O–H groups in total. The van der Waals surface area contributed by atoms with E-state index in [1.54, 1.807) is 0 Å². The van der Waals surface area contributed by atoms with Crippen LogP contribution in [0.1, 0.15) is 24.5 Å². The summed E-state index contributed by atoms with van der Waals surface area (Å²) < 4.78 is 0. The van der Waals surface area contributed by atoms with Gasteiger partial charge in [0.05, 0.1) is 0 Å². The molecule has 0 saturated carbocycles. The van der Waals surface area contributed by atoms with Gasteiger partial charge < -0.3 is 10.6 Å². The number of hydrogen-bond donors (Lipinski definition) is 2. The first-order valence-electron chi connectivity index (χ1n) is 7.71. The lowest BCUT2D eigenvalue weighted by Gasteiger charge is -2.17. The highest BCUT2D eigenvalue weighted by Gasteiger charge is 2.18. The Morgan fingerprint density at radius 1 is 1.09 bits per heavy atom. The van der Waals surface area contributed by atoms with Crippen molar-refractivity contribution in [2.45, 2.75) is 19.8 Å². The molecule has 22 heavy (non-hydrogen) atoms. The Bertz CT molecular complexity index is 701. The number of fused-ring (bicyclic) bond motifs is 1. The standard InChI is InChI=1S/C20H22N2/c1-14-12-15(2)21-20-11-7-10-18(19(20)13-14)16(3)22-17-8-5-4-6-9-17/h4-11,14,21-22H,2-3,12-13H2,1H3. The summed E-state index contributed by atoms with van der Waals surface area (Å²) in [5.41, 5.74) is 6.74. The molecule has 0 radical (unpaired) electrons. The first-order chi connectivity index (χ1) is 10.6. The zero-order valence-electron chi connectivity index (χ0n) is 13.0. The van der Waals surface area contributed by atoms with Crippen molar-refractivity contribution in [2.75, 3.05) is 10.6 Å². The van der Waals surface area contributed by atoms with Crippen LogP contribution in [-0.2, 0) is 6.42 Å². The summed E-state index contributed by atoms with van der Waals surface area (Å²) >= 11 is 0. The number of para-hydroxylation sites is 1. The van der Waals surface area contributed by atoms with Crippen LogP contribution in [0.2, 0.25) is 0 Å². The Kier molecular flexibility index (Phi) is 4.01. The fraction of sp³-hybridized carbons (Fsp3) is 0.200. The summed E-state index contributed by atoms with van der Waals surface area (Å²) in [7, 11) is 0. The van der Waals surface area contributed by atoms with Crippen LogP contribution in [0.5, 0.6) is 0 Å². The predicted molar refractivity (Wildman–Crippen MR) is 95.8 cm³/mol. The summed E-state index contributed by atoms with van der Waals surface area (Å²) in [5.74, 6) is 0.576. The predicted octanol–water partition coefficient (Wildman–Crippen LogP) is 5.28. The van der Waals surface area contributed by atoms with E-state index in [0.717, 1.165) is 35.6 Å². The highest BCUT2D eigenvalue weighted by atomic mass is 14.9. The van der Waals surface area contributed by atoms with Gasteiger partial charge in [0, 0.05) is 28.3 Å². The quantitative estimate of drug-likeness (QED) is 0.804. The van der Waals surface area contributed by atoms with Gasteiger partial charge in [-0.3, -0.25) is 0 Å². The largest absolute Gasteiger partial charge is 0.359 e. The lowest BCUT2D eigenvalue weighted by Crippen LogP contribution is -2.04. The molecule has 2 nitrogen and oxygen atoms in total. The molecule has 0 bridgehead atoms. The van der Waals surface area contributed by atoms with E-state index >= 15 is 0 Å². The van der Waals surface area contributed by atoms with Crippen LogP contribution < -0.4 is 10.6 Å². The molecule has 2 aromatic carbocycles. The van der Waals surface area contributed by atoms with Crippen molar-refractivity contribution >= 4 is 17.1 Å². The smallest absolute Gasteiger partial charge is 0.0421 e. The van der Waals surface area contributed by atoms with Gasteiger partial charge in [-0.05, 0) is 42.5 Å². The SMILES string of the molecule is C=C1CC(C)Cc2c(cccc2C(=C)Nc2ccccc2)N1. The van der Waals surface area contributed by atoms with Gasteiger partial charge in [-0.15, -0.1) is 0 Å². The fourth-order valence-corrected chi connectivity index (χ4v) is 3.05. The van der Waals surface area contributed by atoms with Crippen LogP contribution >= 0.6 is 0 Å². The maximum atomic E-state index is 4.24. The molecule has 0 amide bonds. The highest BCUT2D eigenvalue weighted by Crippen LogP contribution is 2.33. The topological polar surface area (TPSA) is 24.1 Å². The Labute approximate surface area is 132 Å². The molecule has 0 saturated heterocycles. The third kappa shape index (κ3) is 3.06. The molecular formula is C20H22N2. The van der Waals surface area contributed by atoms with E-state index in [9.17, 15) is 0 Å². The number of benzene rings is 2. The fourth-order valence-electron chi connectivity index (χ4n) is 3.05. The maximum absolute atomic E-state index is 4.24. The summed E-state index contributed by atoms with van der Waals surface area (Å²) in [6.07, 6.45) is 2.04. The molecule has 0 aromatic heterocycles. The molecule has 1 aliphatic rings. The molecule has 2 aromatic rings. The number of hydrogen-bond acceptors (Lipinski definition) is 2. The second-order valence-electron chi connectivity index (χ2n) is 6.04. The van der Waals surface area contributed by atoms with Crippen LogP contribution in [-0.4, -0.2) is 0 Å². The van der Waals surface area contributed by atoms with Crippen molar-refractivity contribution in [3.8, 4) is 0 Å². The van der Waals surface area contributed by atoms with Gasteiger partial charge in [-0.1, -0.05) is 50.4 Å². The molecule has 1 unspecified atom stereocenters. The Hall–Kier alpha value is -2.48. The molecule has 112 valence electrons. The van der Waals surface area contributed by atoms with Crippen molar-refractivity contribution < 1.29 is 0 Å². The number of nitrogens with one attached hydrogen (secondary N) is 2. The molecular weight excluding hydrogens is 268 g/mol. The van der Waals surface area contributed by atoms with Crippen molar-refractivity contribution in [1.82, 2.24) is 0 Å². The maximum Gasteiger partial charge on any atom is 0.0421 e. The third-order valence-electron chi connectivity index (χ3n) is 4.03. The second kappa shape index (κ2) is 6.10. The van der Waals surface area contributed by atoms with Gasteiger partial charge >= 0.3 is 0 Å². The second-order valence-corrected chi connectivity index (χ2v) is 6.04. The lowest BCUT2D eigenvalue weighted by molar-refractivity contribution is 0.585. The molecule has 2 heteroatoms. The van der Waals surface area contributed by atoms with E-state index < -0.39 is 0 Å². The van der Waals surface area contributed by atoms with Gasteiger partial charge in [0.15, 0.2) is 0 Å². The van der Waals surface area contributed by atoms with E-state index in [0.29, 0.717) is 5.92 Å². The normalized spacial score (nSPS) is 17.1. The number of allylic oxidation sites excluding steroid dienone is 1. The van der Waals surface area contributed by atoms with E-state index in [-0.39, 0.29) is 0 Å². The van der Waals surface area contributed by atoms with Crippen molar-refractivity contribution in [3.05, 3.63) is 78.5 Å². The van der Waals surface area contributed by atoms with Crippen LogP contribution in [0.25, 0.3) is 5.70 Å². The minimum absolute atomic E-state index is 0.576. The molecule has 1 atom stereocenters. The van der Waals surface area contributed by atoms with Crippen LogP contribution in [0.4, 0.5) is 11.4 Å². The zero-order chi connectivity index (χ0) is 15.5. The Morgan fingerprint density at radius 3 is 2.64 bits per heavy atom. The Morgan fingerprint density at radius 2 is 1.86 bits per heavy atom. The van der Waals surface area contributed by atoms with E-state index in [2.05, 4.69) is 61.0 Å². The monoisotopic (exact) mass is 290 g/mol. The first kappa shape index (κ1) is 14.5. The van der Waals surface area contributed by atoms with Gasteiger partial charge in [0.2, 0.25) is 0 Å². The van der Waals surface area contributed by atoms with Crippen LogP contribution in [0, 0.1) is 5.92 Å². The highest BCUT2D eigenvalue weighted by molar-refractivity contribution is 5.80. The van der Waals surface area contributed by atoms with Crippen molar-refractivity contribution in [2.24, 2.45) is 5.92 Å². The van der Waals surface area contributed by atoms with E-state index in [1.165, 1.54) is 11.1 Å². The summed E-state index contributed by atoms with van der Waals surface area (Å²) in [5, 5.41) is 6.86. The molecule has 1 aliphatic heterocycles. The summed E-state index contributed by atoms with van der Waals surface area (Å²) in [6.45, 7) is 10.6. The average molecular weight is 290 g/mol. The molecule has 3 rings (SSSR count). The minimum atomic E-state index is 0.576. The van der Waals surface area contributed by atoms with Gasteiger partial charge in [-0.2, -0.15) is 0 Å². The van der Waals surface area contributed by atoms with E-state index in [1.807, 2.05) is 18.2 Å². The van der Waals surface area contributed by atoms with Gasteiger partial charge in [0.25, 0.3) is 0 Å². The summed E-state index contributed by atoms with van der Waals surface area (Å²) in [6, 6.07) is 16.5. The summed E-state index contributed by atoms with van der Waals surface area (Å²) in [4.78, 5) is 0. The molecule has 1 heterocycles. The number of rotatable bonds is 3. The third-order valence-corrected chi connectivity index (χ3v) is 4.03. The lowest BCUT2D eigenvalue weighted by atomic mass is 9.93. The van der Waals surface area contributed by atoms with Crippen LogP contribution in [0.15, 0.2) is 67.4 Å². The molecule has 0 spiro atoms. The molecule has 0 fully saturated rings. The zero-order valence-corrected chi connectivity index (χ0v) is 13.0. The van der Waals surface area contributed by atoms with Crippen molar-refractivity contribution in [1.29, 1.82) is 0 Å². The van der Waals surface area contributed by atoms with E-state index in [4.69, 9.17) is 0 Å². The van der Waals surface area contributed by atoms with Gasteiger partial charge in [0.1, 0.15) is 0 Å². The van der Waals surface area contributed by atoms with Crippen LogP contribution in [0.3, 0.4) is 0 Å².